The molecule has 14 heteroatoms. The Morgan fingerprint density at radius 2 is 1.25 bits per heavy atom. The lowest BCUT2D eigenvalue weighted by atomic mass is 10.1. The predicted molar refractivity (Wildman–Crippen MR) is 111 cm³/mol. The van der Waals surface area contributed by atoms with Crippen molar-refractivity contribution in [1.29, 1.82) is 0 Å². The highest BCUT2D eigenvalue weighted by Crippen LogP contribution is 2.02. The van der Waals surface area contributed by atoms with Gasteiger partial charge in [-0.3, -0.25) is 19.2 Å². The fourth-order valence-electron chi connectivity index (χ4n) is 1.84. The number of carbonyl (C=O) groups is 5. The predicted octanol–water partition coefficient (Wildman–Crippen LogP) is -3.09. The second-order valence-corrected chi connectivity index (χ2v) is 6.78. The molecule has 4 amide bonds. The van der Waals surface area contributed by atoms with Gasteiger partial charge in [0.25, 0.3) is 0 Å². The summed E-state index contributed by atoms with van der Waals surface area (Å²) in [6.07, 6.45) is -0.408. The number of aliphatic carboxylic acids is 1. The van der Waals surface area contributed by atoms with E-state index >= 15 is 0 Å². The Morgan fingerprint density at radius 3 is 1.68 bits per heavy atom. The smallest absolute Gasteiger partial charge is 0.327 e. The molecule has 0 aliphatic carbocycles. The monoisotopic (exact) mass is 455 g/mol. The molecule has 0 spiro atoms. The van der Waals surface area contributed by atoms with Crippen LogP contribution in [0.1, 0.15) is 12.8 Å². The second-order valence-electron chi connectivity index (χ2n) is 5.68. The third-order valence-electron chi connectivity index (χ3n) is 3.46. The quantitative estimate of drug-likeness (QED) is 0.131. The SMILES string of the molecule is NC(=O)CCC(NC(=O)C(CS)NC(=O)C(N)CS)C(=O)NC(CS)C(=O)O. The Morgan fingerprint density at radius 1 is 0.786 bits per heavy atom. The van der Waals surface area contributed by atoms with Gasteiger partial charge in [-0.05, 0) is 6.42 Å². The van der Waals surface area contributed by atoms with Crippen LogP contribution in [0.3, 0.4) is 0 Å². The first-order valence-corrected chi connectivity index (χ1v) is 9.97. The van der Waals surface area contributed by atoms with Crippen LogP contribution in [-0.2, 0) is 24.0 Å². The fraction of sp³-hybridized carbons (Fsp3) is 0.643. The summed E-state index contributed by atoms with van der Waals surface area (Å²) in [5, 5.41) is 15.9. The summed E-state index contributed by atoms with van der Waals surface area (Å²) in [7, 11) is 0. The standard InChI is InChI=1S/C14H25N5O6S3/c15-6(3-26)11(21)18-8(4-27)13(23)17-7(1-2-10(16)20)12(22)19-9(5-28)14(24)25/h6-9,26-28H,1-5,15H2,(H2,16,20)(H,17,23)(H,18,21)(H,19,22)(H,24,25). The molecule has 4 atom stereocenters. The average Bonchev–Trinajstić information content (AvgIpc) is 2.65. The lowest BCUT2D eigenvalue weighted by Crippen LogP contribution is -2.58. The first kappa shape index (κ1) is 26.4. The van der Waals surface area contributed by atoms with E-state index < -0.39 is 53.8 Å². The number of rotatable bonds is 13. The first-order valence-electron chi connectivity index (χ1n) is 8.07. The van der Waals surface area contributed by atoms with Crippen molar-refractivity contribution in [2.45, 2.75) is 37.0 Å². The van der Waals surface area contributed by atoms with Gasteiger partial charge in [-0.15, -0.1) is 0 Å². The number of carboxylic acids is 1. The van der Waals surface area contributed by atoms with E-state index in [9.17, 15) is 24.0 Å². The van der Waals surface area contributed by atoms with E-state index in [2.05, 4.69) is 53.8 Å². The summed E-state index contributed by atoms with van der Waals surface area (Å²) in [6.45, 7) is 0. The molecule has 0 heterocycles. The largest absolute Gasteiger partial charge is 0.480 e. The van der Waals surface area contributed by atoms with Crippen molar-refractivity contribution >= 4 is 67.5 Å². The number of carboxylic acid groups (broad SMARTS) is 1. The Bertz CT molecular complexity index is 594. The van der Waals surface area contributed by atoms with E-state index in [0.29, 0.717) is 0 Å². The molecule has 11 nitrogen and oxygen atoms in total. The molecule has 8 N–H and O–H groups in total. The highest BCUT2D eigenvalue weighted by Gasteiger charge is 2.29. The maximum absolute atomic E-state index is 12.4. The van der Waals surface area contributed by atoms with Crippen LogP contribution in [0, 0.1) is 0 Å². The number of hydrogen-bond donors (Lipinski definition) is 9. The molecular formula is C14H25N5O6S3. The number of nitrogens with one attached hydrogen (secondary N) is 3. The van der Waals surface area contributed by atoms with Crippen LogP contribution in [-0.4, -0.2) is 76.1 Å². The number of amides is 4. The second kappa shape index (κ2) is 13.5. The lowest BCUT2D eigenvalue weighted by Gasteiger charge is -2.24. The van der Waals surface area contributed by atoms with E-state index in [1.54, 1.807) is 0 Å². The Kier molecular flexibility index (Phi) is 12.7. The molecule has 160 valence electrons. The minimum absolute atomic E-state index is 0.0523. The average molecular weight is 456 g/mol. The Hall–Kier alpha value is -1.64. The lowest BCUT2D eigenvalue weighted by molar-refractivity contribution is -0.141. The van der Waals surface area contributed by atoms with Crippen LogP contribution in [0.25, 0.3) is 0 Å². The van der Waals surface area contributed by atoms with E-state index in [0.717, 1.165) is 0 Å². The van der Waals surface area contributed by atoms with Crippen LogP contribution in [0.2, 0.25) is 0 Å². The van der Waals surface area contributed by atoms with Gasteiger partial charge in [0.2, 0.25) is 23.6 Å². The van der Waals surface area contributed by atoms with Crippen molar-refractivity contribution < 1.29 is 29.1 Å². The van der Waals surface area contributed by atoms with E-state index in [1.165, 1.54) is 0 Å². The molecule has 0 saturated carbocycles. The van der Waals surface area contributed by atoms with Crippen LogP contribution in [0.5, 0.6) is 0 Å². The normalized spacial score (nSPS) is 14.9. The molecule has 0 saturated heterocycles. The van der Waals surface area contributed by atoms with Crippen LogP contribution >= 0.6 is 37.9 Å². The van der Waals surface area contributed by atoms with Crippen molar-refractivity contribution in [3.8, 4) is 0 Å². The van der Waals surface area contributed by atoms with E-state index in [4.69, 9.17) is 16.6 Å². The number of thiol groups is 3. The molecule has 0 aliphatic heterocycles. The third kappa shape index (κ3) is 9.52. The zero-order valence-electron chi connectivity index (χ0n) is 14.8. The zero-order chi connectivity index (χ0) is 21.9. The van der Waals surface area contributed by atoms with Gasteiger partial charge in [0.05, 0.1) is 6.04 Å². The summed E-state index contributed by atoms with van der Waals surface area (Å²) in [4.78, 5) is 58.6. The van der Waals surface area contributed by atoms with Crippen molar-refractivity contribution in [3.05, 3.63) is 0 Å². The fourth-order valence-corrected chi connectivity index (χ4v) is 2.51. The Balaban J connectivity index is 5.20. The maximum Gasteiger partial charge on any atom is 0.327 e. The summed E-state index contributed by atoms with van der Waals surface area (Å²) < 4.78 is 0. The third-order valence-corrected chi connectivity index (χ3v) is 4.58. The summed E-state index contributed by atoms with van der Waals surface area (Å²) in [6, 6.07) is -4.62. The molecule has 0 rings (SSSR count). The van der Waals surface area contributed by atoms with E-state index in [1.807, 2.05) is 0 Å². The Labute approximate surface area is 178 Å². The molecule has 0 aromatic heterocycles. The molecule has 0 fully saturated rings. The molecule has 28 heavy (non-hydrogen) atoms. The van der Waals surface area contributed by atoms with Crippen LogP contribution in [0.15, 0.2) is 0 Å². The molecule has 0 aromatic carbocycles. The van der Waals surface area contributed by atoms with Gasteiger partial charge in [-0.1, -0.05) is 0 Å². The van der Waals surface area contributed by atoms with Gasteiger partial charge < -0.3 is 32.5 Å². The molecule has 0 bridgehead atoms. The molecule has 0 aliphatic rings. The maximum atomic E-state index is 12.4. The molecule has 0 aromatic rings. The minimum atomic E-state index is -1.32. The van der Waals surface area contributed by atoms with Crippen LogP contribution < -0.4 is 27.4 Å². The molecule has 0 radical (unpaired) electrons. The minimum Gasteiger partial charge on any atom is -0.480 e. The van der Waals surface area contributed by atoms with Crippen LogP contribution in [0.4, 0.5) is 0 Å². The highest BCUT2D eigenvalue weighted by molar-refractivity contribution is 7.80. The van der Waals surface area contributed by atoms with Crippen molar-refractivity contribution in [1.82, 2.24) is 16.0 Å². The highest BCUT2D eigenvalue weighted by atomic mass is 32.1. The molecular weight excluding hydrogens is 430 g/mol. The van der Waals surface area contributed by atoms with Gasteiger partial charge in [-0.2, -0.15) is 37.9 Å². The van der Waals surface area contributed by atoms with Gasteiger partial charge >= 0.3 is 5.97 Å². The zero-order valence-corrected chi connectivity index (χ0v) is 17.5. The summed E-state index contributed by atoms with van der Waals surface area (Å²) >= 11 is 11.7. The first-order chi connectivity index (χ1) is 13.1. The number of nitrogens with two attached hydrogens (primary N) is 2. The van der Waals surface area contributed by atoms with Crippen molar-refractivity contribution in [2.75, 3.05) is 17.3 Å². The summed E-state index contributed by atoms with van der Waals surface area (Å²) in [5.74, 6) is -4.51. The topological polar surface area (TPSA) is 194 Å². The summed E-state index contributed by atoms with van der Waals surface area (Å²) in [5.41, 5.74) is 10.6. The number of hydrogen-bond acceptors (Lipinski definition) is 9. The molecule has 4 unspecified atom stereocenters. The van der Waals surface area contributed by atoms with Gasteiger partial charge in [0.1, 0.15) is 18.1 Å². The van der Waals surface area contributed by atoms with Gasteiger partial charge in [-0.25, -0.2) is 4.79 Å². The van der Waals surface area contributed by atoms with Gasteiger partial charge in [0.15, 0.2) is 0 Å². The van der Waals surface area contributed by atoms with Gasteiger partial charge in [0, 0.05) is 23.7 Å². The van der Waals surface area contributed by atoms with Crippen molar-refractivity contribution in [2.24, 2.45) is 11.5 Å². The number of primary amides is 1. The van der Waals surface area contributed by atoms with Crippen molar-refractivity contribution in [3.63, 3.8) is 0 Å². The number of carbonyl (C=O) groups excluding carboxylic acids is 4. The van der Waals surface area contributed by atoms with E-state index in [-0.39, 0.29) is 30.1 Å².